The van der Waals surface area contributed by atoms with Crippen LogP contribution in [-0.4, -0.2) is 23.5 Å². The van der Waals surface area contributed by atoms with Crippen LogP contribution >= 0.6 is 12.2 Å². The fourth-order valence-electron chi connectivity index (χ4n) is 3.03. The summed E-state index contributed by atoms with van der Waals surface area (Å²) in [6.07, 6.45) is 0. The largest absolute Gasteiger partial charge is 0.484 e. The Morgan fingerprint density at radius 2 is 1.48 bits per heavy atom. The SMILES string of the molecule is CC(C)(C)c1ccc(OCC(=O)NC(=S)Nc2ccccc2C(=O)Nc2ccccc2)cc1. The zero-order valence-corrected chi connectivity index (χ0v) is 19.7. The molecule has 0 saturated heterocycles. The molecule has 170 valence electrons. The number of thiocarbonyl (C=S) groups is 1. The minimum Gasteiger partial charge on any atom is -0.484 e. The molecule has 0 saturated carbocycles. The topological polar surface area (TPSA) is 79.5 Å². The van der Waals surface area contributed by atoms with Gasteiger partial charge in [-0.1, -0.05) is 63.2 Å². The van der Waals surface area contributed by atoms with E-state index in [1.54, 1.807) is 36.4 Å². The summed E-state index contributed by atoms with van der Waals surface area (Å²) in [5.74, 6) is -0.0981. The van der Waals surface area contributed by atoms with Gasteiger partial charge in [-0.05, 0) is 59.6 Å². The molecule has 0 unspecified atom stereocenters. The van der Waals surface area contributed by atoms with Crippen LogP contribution < -0.4 is 20.7 Å². The highest BCUT2D eigenvalue weighted by molar-refractivity contribution is 7.80. The van der Waals surface area contributed by atoms with Gasteiger partial charge in [0.25, 0.3) is 11.8 Å². The van der Waals surface area contributed by atoms with Crippen LogP contribution in [0.5, 0.6) is 5.75 Å². The summed E-state index contributed by atoms with van der Waals surface area (Å²) in [5.41, 5.74) is 2.78. The number of hydrogen-bond acceptors (Lipinski definition) is 4. The van der Waals surface area contributed by atoms with Crippen molar-refractivity contribution < 1.29 is 14.3 Å². The number of ether oxygens (including phenoxy) is 1. The van der Waals surface area contributed by atoms with E-state index in [9.17, 15) is 9.59 Å². The van der Waals surface area contributed by atoms with Crippen molar-refractivity contribution >= 4 is 40.5 Å². The van der Waals surface area contributed by atoms with Gasteiger partial charge in [-0.15, -0.1) is 0 Å². The average molecular weight is 462 g/mol. The van der Waals surface area contributed by atoms with Gasteiger partial charge in [0.15, 0.2) is 11.7 Å². The lowest BCUT2D eigenvalue weighted by molar-refractivity contribution is -0.121. The molecule has 0 aliphatic rings. The van der Waals surface area contributed by atoms with E-state index < -0.39 is 5.91 Å². The lowest BCUT2D eigenvalue weighted by Gasteiger charge is -2.19. The lowest BCUT2D eigenvalue weighted by Crippen LogP contribution is -2.37. The summed E-state index contributed by atoms with van der Waals surface area (Å²) >= 11 is 5.25. The van der Waals surface area contributed by atoms with Crippen LogP contribution in [0.25, 0.3) is 0 Å². The lowest BCUT2D eigenvalue weighted by atomic mass is 9.87. The van der Waals surface area contributed by atoms with Crippen LogP contribution in [0, 0.1) is 0 Å². The summed E-state index contributed by atoms with van der Waals surface area (Å²) in [7, 11) is 0. The quantitative estimate of drug-likeness (QED) is 0.444. The molecular weight excluding hydrogens is 434 g/mol. The predicted molar refractivity (Wildman–Crippen MR) is 136 cm³/mol. The van der Waals surface area contributed by atoms with Crippen molar-refractivity contribution in [1.29, 1.82) is 0 Å². The Hall–Kier alpha value is -3.71. The number of amides is 2. The molecule has 7 heteroatoms. The standard InChI is InChI=1S/C26H27N3O3S/c1-26(2,3)18-13-15-20(16-14-18)32-17-23(30)29-25(33)28-22-12-8-7-11-21(22)24(31)27-19-9-5-4-6-10-19/h4-16H,17H2,1-3H3,(H,27,31)(H2,28,29,30,33). The number of hydrogen-bond donors (Lipinski definition) is 3. The highest BCUT2D eigenvalue weighted by Crippen LogP contribution is 2.24. The second-order valence-electron chi connectivity index (χ2n) is 8.43. The van der Waals surface area contributed by atoms with Crippen molar-refractivity contribution in [1.82, 2.24) is 5.32 Å². The molecule has 0 fully saturated rings. The zero-order valence-electron chi connectivity index (χ0n) is 18.8. The molecule has 0 aromatic heterocycles. The van der Waals surface area contributed by atoms with Crippen molar-refractivity contribution in [2.45, 2.75) is 26.2 Å². The summed E-state index contributed by atoms with van der Waals surface area (Å²) in [4.78, 5) is 24.9. The van der Waals surface area contributed by atoms with Gasteiger partial charge in [0.05, 0.1) is 11.3 Å². The normalized spacial score (nSPS) is 10.8. The van der Waals surface area contributed by atoms with Gasteiger partial charge < -0.3 is 15.4 Å². The first kappa shape index (κ1) is 23.9. The Morgan fingerprint density at radius 1 is 0.848 bits per heavy atom. The molecule has 0 spiro atoms. The smallest absolute Gasteiger partial charge is 0.264 e. The van der Waals surface area contributed by atoms with E-state index in [1.807, 2.05) is 42.5 Å². The minimum atomic E-state index is -0.404. The number of benzene rings is 3. The number of rotatable bonds is 6. The van der Waals surface area contributed by atoms with Crippen molar-refractivity contribution in [3.05, 3.63) is 90.0 Å². The average Bonchev–Trinajstić information content (AvgIpc) is 2.78. The fourth-order valence-corrected chi connectivity index (χ4v) is 3.25. The summed E-state index contributed by atoms with van der Waals surface area (Å²) < 4.78 is 5.55. The maximum Gasteiger partial charge on any atom is 0.264 e. The van der Waals surface area contributed by atoms with Crippen molar-refractivity contribution in [3.8, 4) is 5.75 Å². The van der Waals surface area contributed by atoms with E-state index >= 15 is 0 Å². The first-order valence-electron chi connectivity index (χ1n) is 10.5. The summed E-state index contributed by atoms with van der Waals surface area (Å²) in [6.45, 7) is 6.21. The molecule has 0 bridgehead atoms. The molecule has 6 nitrogen and oxygen atoms in total. The van der Waals surface area contributed by atoms with Gasteiger partial charge in [0.1, 0.15) is 5.75 Å². The molecule has 0 atom stereocenters. The summed E-state index contributed by atoms with van der Waals surface area (Å²) in [6, 6.07) is 23.7. The van der Waals surface area contributed by atoms with Gasteiger partial charge >= 0.3 is 0 Å². The third-order valence-electron chi connectivity index (χ3n) is 4.79. The molecule has 3 N–H and O–H groups in total. The number of carbonyl (C=O) groups is 2. The maximum atomic E-state index is 12.7. The Balaban J connectivity index is 1.54. The molecule has 3 rings (SSSR count). The minimum absolute atomic E-state index is 0.0437. The number of anilines is 2. The van der Waals surface area contributed by atoms with E-state index in [2.05, 4.69) is 36.7 Å². The van der Waals surface area contributed by atoms with E-state index in [1.165, 1.54) is 5.56 Å². The van der Waals surface area contributed by atoms with Crippen LogP contribution in [0.1, 0.15) is 36.7 Å². The first-order chi connectivity index (χ1) is 15.7. The van der Waals surface area contributed by atoms with Crippen LogP contribution in [0.4, 0.5) is 11.4 Å². The van der Waals surface area contributed by atoms with Crippen LogP contribution in [0.15, 0.2) is 78.9 Å². The Bertz CT molecular complexity index is 1120. The van der Waals surface area contributed by atoms with Crippen LogP contribution in [-0.2, 0) is 10.2 Å². The van der Waals surface area contributed by atoms with Crippen LogP contribution in [0.2, 0.25) is 0 Å². The van der Waals surface area contributed by atoms with Crippen molar-refractivity contribution in [3.63, 3.8) is 0 Å². The van der Waals surface area contributed by atoms with E-state index in [0.717, 1.165) is 0 Å². The van der Waals surface area contributed by atoms with E-state index in [4.69, 9.17) is 17.0 Å². The third kappa shape index (κ3) is 7.15. The van der Waals surface area contributed by atoms with Crippen LogP contribution in [0.3, 0.4) is 0 Å². The van der Waals surface area contributed by atoms with Gasteiger partial charge in [-0.3, -0.25) is 14.9 Å². The highest BCUT2D eigenvalue weighted by atomic mass is 32.1. The van der Waals surface area contributed by atoms with Gasteiger partial charge in [0, 0.05) is 5.69 Å². The molecule has 3 aromatic rings. The molecule has 0 aliphatic heterocycles. The molecule has 3 aromatic carbocycles. The zero-order chi connectivity index (χ0) is 23.8. The number of nitrogens with one attached hydrogen (secondary N) is 3. The maximum absolute atomic E-state index is 12.7. The Labute approximate surface area is 199 Å². The van der Waals surface area contributed by atoms with Crippen molar-refractivity contribution in [2.75, 3.05) is 17.2 Å². The molecule has 0 aliphatic carbocycles. The fraction of sp³-hybridized carbons (Fsp3) is 0.192. The van der Waals surface area contributed by atoms with E-state index in [-0.39, 0.29) is 23.0 Å². The van der Waals surface area contributed by atoms with Gasteiger partial charge in [0.2, 0.25) is 0 Å². The van der Waals surface area contributed by atoms with E-state index in [0.29, 0.717) is 22.7 Å². The van der Waals surface area contributed by atoms with Crippen molar-refractivity contribution in [2.24, 2.45) is 0 Å². The number of para-hydroxylation sites is 2. The summed E-state index contributed by atoms with van der Waals surface area (Å²) in [5, 5.41) is 8.40. The second-order valence-corrected chi connectivity index (χ2v) is 8.84. The van der Waals surface area contributed by atoms with Gasteiger partial charge in [-0.2, -0.15) is 0 Å². The highest BCUT2D eigenvalue weighted by Gasteiger charge is 2.15. The molecule has 0 radical (unpaired) electrons. The Morgan fingerprint density at radius 3 is 2.15 bits per heavy atom. The molecule has 33 heavy (non-hydrogen) atoms. The Kier molecular flexibility index (Phi) is 7.79. The molecule has 2 amide bonds. The predicted octanol–water partition coefficient (Wildman–Crippen LogP) is 5.13. The third-order valence-corrected chi connectivity index (χ3v) is 5.00. The second kappa shape index (κ2) is 10.7. The molecule has 0 heterocycles. The molecular formula is C26H27N3O3S. The monoisotopic (exact) mass is 461 g/mol. The van der Waals surface area contributed by atoms with Gasteiger partial charge in [-0.25, -0.2) is 0 Å². The first-order valence-corrected chi connectivity index (χ1v) is 10.9. The number of carbonyl (C=O) groups excluding carboxylic acids is 2.